The molecule has 6 heteroatoms. The lowest BCUT2D eigenvalue weighted by molar-refractivity contribution is 0.102. The van der Waals surface area contributed by atoms with Crippen molar-refractivity contribution >= 4 is 22.8 Å². The van der Waals surface area contributed by atoms with E-state index < -0.39 is 0 Å². The topological polar surface area (TPSA) is 76.8 Å². The SMILES string of the molecule is CN1CCC(c2c[nH]c3ccc(NC(=O)c4cc[nH]c4)nc23)CC1. The number of carbonyl (C=O) groups is 1. The average molecular weight is 323 g/mol. The first-order valence-electron chi connectivity index (χ1n) is 8.31. The van der Waals surface area contributed by atoms with E-state index >= 15 is 0 Å². The van der Waals surface area contributed by atoms with Crippen LogP contribution in [0.1, 0.15) is 34.7 Å². The molecule has 124 valence electrons. The molecule has 1 aliphatic heterocycles. The van der Waals surface area contributed by atoms with E-state index in [0.29, 0.717) is 17.3 Å². The molecule has 6 nitrogen and oxygen atoms in total. The third-order valence-electron chi connectivity index (χ3n) is 4.81. The van der Waals surface area contributed by atoms with Crippen molar-refractivity contribution in [2.45, 2.75) is 18.8 Å². The van der Waals surface area contributed by atoms with E-state index in [0.717, 1.165) is 37.0 Å². The number of hydrogen-bond donors (Lipinski definition) is 3. The monoisotopic (exact) mass is 323 g/mol. The molecule has 0 unspecified atom stereocenters. The van der Waals surface area contributed by atoms with Crippen molar-refractivity contribution in [3.8, 4) is 0 Å². The number of fused-ring (bicyclic) bond motifs is 1. The maximum Gasteiger partial charge on any atom is 0.258 e. The Balaban J connectivity index is 1.60. The van der Waals surface area contributed by atoms with Crippen LogP contribution in [0.25, 0.3) is 11.0 Å². The fourth-order valence-corrected chi connectivity index (χ4v) is 3.37. The number of pyridine rings is 1. The molecular formula is C18H21N5O. The quantitative estimate of drug-likeness (QED) is 0.693. The van der Waals surface area contributed by atoms with Crippen molar-refractivity contribution < 1.29 is 4.79 Å². The molecule has 3 aromatic heterocycles. The van der Waals surface area contributed by atoms with Crippen molar-refractivity contribution in [1.82, 2.24) is 19.9 Å². The standard InChI is InChI=1S/C18H21N5O/c1-23-8-5-12(6-9-23)14-11-20-15-2-3-16(21-17(14)15)22-18(24)13-4-7-19-10-13/h2-4,7,10-12,19-20H,5-6,8-9H2,1H3,(H,21,22,24). The number of amides is 1. The normalized spacial score (nSPS) is 16.5. The van der Waals surface area contributed by atoms with Crippen LogP contribution in [0.2, 0.25) is 0 Å². The van der Waals surface area contributed by atoms with E-state index in [1.807, 2.05) is 12.1 Å². The molecule has 1 aliphatic rings. The van der Waals surface area contributed by atoms with E-state index in [9.17, 15) is 4.79 Å². The largest absolute Gasteiger partial charge is 0.367 e. The van der Waals surface area contributed by atoms with Gasteiger partial charge >= 0.3 is 0 Å². The lowest BCUT2D eigenvalue weighted by Crippen LogP contribution is -2.29. The Morgan fingerprint density at radius 1 is 1.25 bits per heavy atom. The summed E-state index contributed by atoms with van der Waals surface area (Å²) in [6, 6.07) is 5.56. The zero-order valence-corrected chi connectivity index (χ0v) is 13.7. The van der Waals surface area contributed by atoms with E-state index in [1.165, 1.54) is 5.56 Å². The van der Waals surface area contributed by atoms with Gasteiger partial charge in [0.2, 0.25) is 0 Å². The highest BCUT2D eigenvalue weighted by Crippen LogP contribution is 2.32. The third kappa shape index (κ3) is 2.80. The number of likely N-dealkylation sites (tertiary alicyclic amines) is 1. The number of piperidine rings is 1. The number of H-pyrrole nitrogens is 2. The molecule has 1 amide bonds. The molecule has 0 atom stereocenters. The second kappa shape index (κ2) is 6.13. The van der Waals surface area contributed by atoms with Crippen LogP contribution >= 0.6 is 0 Å². The van der Waals surface area contributed by atoms with Crippen molar-refractivity contribution in [3.05, 3.63) is 47.9 Å². The molecule has 0 aromatic carbocycles. The number of nitrogens with one attached hydrogen (secondary N) is 3. The predicted octanol–water partition coefficient (Wildman–Crippen LogP) is 2.95. The van der Waals surface area contributed by atoms with Gasteiger partial charge in [0, 0.05) is 18.6 Å². The van der Waals surface area contributed by atoms with Gasteiger partial charge in [0.15, 0.2) is 0 Å². The maximum atomic E-state index is 12.2. The third-order valence-corrected chi connectivity index (χ3v) is 4.81. The van der Waals surface area contributed by atoms with Crippen molar-refractivity contribution in [2.75, 3.05) is 25.5 Å². The number of nitrogens with zero attached hydrogens (tertiary/aromatic N) is 2. The molecule has 3 N–H and O–H groups in total. The van der Waals surface area contributed by atoms with Gasteiger partial charge in [-0.15, -0.1) is 0 Å². The smallest absolute Gasteiger partial charge is 0.258 e. The highest BCUT2D eigenvalue weighted by molar-refractivity contribution is 6.04. The van der Waals surface area contributed by atoms with Crippen LogP contribution in [0.5, 0.6) is 0 Å². The van der Waals surface area contributed by atoms with Gasteiger partial charge < -0.3 is 20.2 Å². The molecule has 0 aliphatic carbocycles. The lowest BCUT2D eigenvalue weighted by atomic mass is 9.91. The van der Waals surface area contributed by atoms with Gasteiger partial charge in [-0.25, -0.2) is 4.98 Å². The van der Waals surface area contributed by atoms with Crippen molar-refractivity contribution in [3.63, 3.8) is 0 Å². The Morgan fingerprint density at radius 3 is 2.83 bits per heavy atom. The summed E-state index contributed by atoms with van der Waals surface area (Å²) in [5.41, 5.74) is 3.84. The predicted molar refractivity (Wildman–Crippen MR) is 94.3 cm³/mol. The van der Waals surface area contributed by atoms with E-state index in [2.05, 4.69) is 33.4 Å². The second-order valence-corrected chi connectivity index (χ2v) is 6.47. The van der Waals surface area contributed by atoms with Crippen LogP contribution in [-0.2, 0) is 0 Å². The summed E-state index contributed by atoms with van der Waals surface area (Å²) in [4.78, 5) is 25.4. The molecule has 4 rings (SSSR count). The summed E-state index contributed by atoms with van der Waals surface area (Å²) in [5, 5.41) is 2.87. The van der Waals surface area contributed by atoms with E-state index in [4.69, 9.17) is 4.98 Å². The van der Waals surface area contributed by atoms with Crippen LogP contribution in [0, 0.1) is 0 Å². The van der Waals surface area contributed by atoms with E-state index in [1.54, 1.807) is 18.5 Å². The first-order chi connectivity index (χ1) is 11.7. The number of aromatic amines is 2. The Hall–Kier alpha value is -2.60. The van der Waals surface area contributed by atoms with Crippen LogP contribution in [0.15, 0.2) is 36.8 Å². The van der Waals surface area contributed by atoms with Gasteiger partial charge in [0.05, 0.1) is 16.6 Å². The first kappa shape index (κ1) is 15.0. The van der Waals surface area contributed by atoms with Crippen LogP contribution in [0.3, 0.4) is 0 Å². The Bertz CT molecular complexity index is 844. The lowest BCUT2D eigenvalue weighted by Gasteiger charge is -2.28. The maximum absolute atomic E-state index is 12.2. The number of anilines is 1. The zero-order valence-electron chi connectivity index (χ0n) is 13.7. The average Bonchev–Trinajstić information content (AvgIpc) is 3.25. The molecule has 0 bridgehead atoms. The minimum absolute atomic E-state index is 0.153. The Morgan fingerprint density at radius 2 is 2.08 bits per heavy atom. The van der Waals surface area contributed by atoms with Gasteiger partial charge in [-0.1, -0.05) is 0 Å². The molecule has 0 radical (unpaired) electrons. The highest BCUT2D eigenvalue weighted by Gasteiger charge is 2.22. The van der Waals surface area contributed by atoms with Crippen LogP contribution in [0.4, 0.5) is 5.82 Å². The zero-order chi connectivity index (χ0) is 16.5. The number of rotatable bonds is 3. The van der Waals surface area contributed by atoms with Crippen LogP contribution < -0.4 is 5.32 Å². The van der Waals surface area contributed by atoms with Gasteiger partial charge in [-0.05, 0) is 62.7 Å². The van der Waals surface area contributed by atoms with Crippen LogP contribution in [-0.4, -0.2) is 45.9 Å². The number of carbonyl (C=O) groups excluding carboxylic acids is 1. The molecule has 24 heavy (non-hydrogen) atoms. The summed E-state index contributed by atoms with van der Waals surface area (Å²) in [6.45, 7) is 2.22. The Labute approximate surface area is 140 Å². The number of hydrogen-bond acceptors (Lipinski definition) is 3. The fourth-order valence-electron chi connectivity index (χ4n) is 3.37. The van der Waals surface area contributed by atoms with Gasteiger partial charge in [0.25, 0.3) is 5.91 Å². The molecular weight excluding hydrogens is 302 g/mol. The molecule has 1 saturated heterocycles. The summed E-state index contributed by atoms with van der Waals surface area (Å²) in [6.07, 6.45) is 7.77. The minimum atomic E-state index is -0.153. The highest BCUT2D eigenvalue weighted by atomic mass is 16.1. The van der Waals surface area contributed by atoms with Gasteiger partial charge in [0.1, 0.15) is 5.82 Å². The summed E-state index contributed by atoms with van der Waals surface area (Å²) in [7, 11) is 2.17. The van der Waals surface area contributed by atoms with Crippen molar-refractivity contribution in [2.24, 2.45) is 0 Å². The molecule has 0 saturated carbocycles. The summed E-state index contributed by atoms with van der Waals surface area (Å²) < 4.78 is 0. The van der Waals surface area contributed by atoms with Gasteiger partial charge in [-0.3, -0.25) is 4.79 Å². The molecule has 0 spiro atoms. The van der Waals surface area contributed by atoms with E-state index in [-0.39, 0.29) is 5.91 Å². The second-order valence-electron chi connectivity index (χ2n) is 6.47. The number of aromatic nitrogens is 3. The first-order valence-corrected chi connectivity index (χ1v) is 8.31. The fraction of sp³-hybridized carbons (Fsp3) is 0.333. The summed E-state index contributed by atoms with van der Waals surface area (Å²) >= 11 is 0. The van der Waals surface area contributed by atoms with Crippen molar-refractivity contribution in [1.29, 1.82) is 0 Å². The minimum Gasteiger partial charge on any atom is -0.367 e. The van der Waals surface area contributed by atoms with Gasteiger partial charge in [-0.2, -0.15) is 0 Å². The Kier molecular flexibility index (Phi) is 3.82. The molecule has 3 aromatic rings. The summed E-state index contributed by atoms with van der Waals surface area (Å²) in [5.74, 6) is 0.958. The molecule has 1 fully saturated rings. The molecule has 4 heterocycles.